The molecule has 4 amide bonds. The standard InChI is InChI=1S/C23H32N2O5.C11H22N2O3/c1-23(2,3)30-22(29)24(4)14-18(19(26)15-10-6-5-7-11-15)25-20(27)16-12-8-9-13-17(16)21(25)28;1-13(11(15)16)7-9(12)10(14)8-5-3-2-4-6-8/h8-9,12-13,15,18-19,26H,5-7,10-11,14H2,1-4H3;8-10,14H,2-7,12H2,1H3,(H,15,16)/t18-,19+;9-,10+/m11/s1. The first-order valence-electron chi connectivity index (χ1n) is 16.6. The van der Waals surface area contributed by atoms with E-state index in [2.05, 4.69) is 0 Å². The number of rotatable bonds is 9. The first kappa shape index (κ1) is 37.2. The van der Waals surface area contributed by atoms with Crippen molar-refractivity contribution in [2.24, 2.45) is 17.6 Å². The van der Waals surface area contributed by atoms with Crippen molar-refractivity contribution in [3.63, 3.8) is 0 Å². The zero-order valence-corrected chi connectivity index (χ0v) is 28.1. The zero-order valence-electron chi connectivity index (χ0n) is 28.1. The van der Waals surface area contributed by atoms with Crippen molar-refractivity contribution in [2.45, 2.75) is 115 Å². The number of benzene rings is 1. The minimum absolute atomic E-state index is 0.0120. The van der Waals surface area contributed by atoms with E-state index in [0.717, 1.165) is 67.6 Å². The van der Waals surface area contributed by atoms with Gasteiger partial charge in [-0.1, -0.05) is 50.7 Å². The van der Waals surface area contributed by atoms with Crippen molar-refractivity contribution in [3.05, 3.63) is 35.4 Å². The summed E-state index contributed by atoms with van der Waals surface area (Å²) in [6.45, 7) is 5.52. The molecule has 0 radical (unpaired) electrons. The van der Waals surface area contributed by atoms with Crippen molar-refractivity contribution < 1.29 is 39.2 Å². The lowest BCUT2D eigenvalue weighted by Crippen LogP contribution is -2.55. The summed E-state index contributed by atoms with van der Waals surface area (Å²) in [7, 11) is 3.03. The van der Waals surface area contributed by atoms with Gasteiger partial charge in [-0.25, -0.2) is 9.59 Å². The number of imide groups is 1. The molecular weight excluding hydrogens is 592 g/mol. The van der Waals surface area contributed by atoms with Crippen molar-refractivity contribution >= 4 is 24.0 Å². The molecule has 4 atom stereocenters. The molecule has 3 aliphatic rings. The molecule has 258 valence electrons. The zero-order chi connectivity index (χ0) is 34.2. The first-order chi connectivity index (χ1) is 21.6. The van der Waals surface area contributed by atoms with Crippen LogP contribution in [0.2, 0.25) is 0 Å². The van der Waals surface area contributed by atoms with Crippen LogP contribution in [-0.2, 0) is 4.74 Å². The fourth-order valence-electron chi connectivity index (χ4n) is 6.66. The van der Waals surface area contributed by atoms with Crippen LogP contribution in [0.25, 0.3) is 0 Å². The van der Waals surface area contributed by atoms with Crippen LogP contribution in [-0.4, -0.2) is 111 Å². The van der Waals surface area contributed by atoms with Gasteiger partial charge in [-0.3, -0.25) is 14.5 Å². The second kappa shape index (κ2) is 16.6. The lowest BCUT2D eigenvalue weighted by atomic mass is 9.82. The predicted molar refractivity (Wildman–Crippen MR) is 173 cm³/mol. The number of carbonyl (C=O) groups excluding carboxylic acids is 3. The summed E-state index contributed by atoms with van der Waals surface area (Å²) in [5.41, 5.74) is 5.84. The number of fused-ring (bicyclic) bond motifs is 1. The van der Waals surface area contributed by atoms with E-state index in [-0.39, 0.29) is 24.9 Å². The summed E-state index contributed by atoms with van der Waals surface area (Å²) in [5.74, 6) is -0.618. The van der Waals surface area contributed by atoms with Crippen molar-refractivity contribution in [1.29, 1.82) is 0 Å². The summed E-state index contributed by atoms with van der Waals surface area (Å²) < 4.78 is 5.42. The molecule has 1 aliphatic heterocycles. The fourth-order valence-corrected chi connectivity index (χ4v) is 6.66. The number of carbonyl (C=O) groups is 4. The number of nitrogens with two attached hydrogens (primary N) is 1. The molecule has 0 unspecified atom stereocenters. The predicted octanol–water partition coefficient (Wildman–Crippen LogP) is 4.32. The van der Waals surface area contributed by atoms with Crippen LogP contribution in [0.1, 0.15) is 106 Å². The van der Waals surface area contributed by atoms with Gasteiger partial charge in [0.2, 0.25) is 0 Å². The molecule has 12 nitrogen and oxygen atoms in total. The molecule has 4 rings (SSSR count). The largest absolute Gasteiger partial charge is 0.465 e. The topological polar surface area (TPSA) is 174 Å². The Labute approximate surface area is 272 Å². The summed E-state index contributed by atoms with van der Waals surface area (Å²) in [6.07, 6.45) is 7.31. The van der Waals surface area contributed by atoms with Crippen LogP contribution in [0.15, 0.2) is 24.3 Å². The van der Waals surface area contributed by atoms with Gasteiger partial charge < -0.3 is 35.6 Å². The molecular formula is C34H54N4O8. The third-order valence-electron chi connectivity index (χ3n) is 9.23. The summed E-state index contributed by atoms with van der Waals surface area (Å²) >= 11 is 0. The summed E-state index contributed by atoms with van der Waals surface area (Å²) in [5, 5.41) is 30.0. The number of hydrogen-bond acceptors (Lipinski definition) is 8. The van der Waals surface area contributed by atoms with Crippen LogP contribution < -0.4 is 5.73 Å². The normalized spacial score (nSPS) is 20.1. The van der Waals surface area contributed by atoms with Gasteiger partial charge in [-0.2, -0.15) is 0 Å². The second-order valence-corrected chi connectivity index (χ2v) is 14.1. The Hall–Kier alpha value is -3.22. The lowest BCUT2D eigenvalue weighted by molar-refractivity contribution is -0.0110. The number of ether oxygens (including phenoxy) is 1. The first-order valence-corrected chi connectivity index (χ1v) is 16.6. The molecule has 1 aromatic rings. The van der Waals surface area contributed by atoms with E-state index in [1.807, 2.05) is 0 Å². The Kier molecular flexibility index (Phi) is 13.4. The Morgan fingerprint density at radius 2 is 1.30 bits per heavy atom. The highest BCUT2D eigenvalue weighted by atomic mass is 16.6. The van der Waals surface area contributed by atoms with Crippen LogP contribution in [0.3, 0.4) is 0 Å². The lowest BCUT2D eigenvalue weighted by Gasteiger charge is -2.38. The van der Waals surface area contributed by atoms with Crippen LogP contribution >= 0.6 is 0 Å². The van der Waals surface area contributed by atoms with E-state index in [0.29, 0.717) is 11.1 Å². The van der Waals surface area contributed by atoms with Crippen molar-refractivity contribution in [2.75, 3.05) is 27.2 Å². The van der Waals surface area contributed by atoms with Gasteiger partial charge in [0.25, 0.3) is 11.8 Å². The van der Waals surface area contributed by atoms with Crippen molar-refractivity contribution in [3.8, 4) is 0 Å². The molecule has 0 saturated heterocycles. The average molecular weight is 647 g/mol. The van der Waals surface area contributed by atoms with E-state index < -0.39 is 53.9 Å². The molecule has 1 aromatic carbocycles. The maximum Gasteiger partial charge on any atom is 0.410 e. The maximum atomic E-state index is 13.1. The molecule has 2 aliphatic carbocycles. The molecule has 46 heavy (non-hydrogen) atoms. The fraction of sp³-hybridized carbons (Fsp3) is 0.706. The minimum Gasteiger partial charge on any atom is -0.465 e. The minimum atomic E-state index is -1.01. The number of aliphatic hydroxyl groups excluding tert-OH is 2. The molecule has 0 aromatic heterocycles. The Morgan fingerprint density at radius 1 is 0.848 bits per heavy atom. The molecule has 1 heterocycles. The third kappa shape index (κ3) is 9.89. The van der Waals surface area contributed by atoms with E-state index in [4.69, 9.17) is 15.6 Å². The Balaban J connectivity index is 0.000000304. The molecule has 2 fully saturated rings. The van der Waals surface area contributed by atoms with Gasteiger partial charge in [0, 0.05) is 33.2 Å². The summed E-state index contributed by atoms with van der Waals surface area (Å²) in [6, 6.07) is 5.36. The van der Waals surface area contributed by atoms with E-state index >= 15 is 0 Å². The Bertz CT molecular complexity index is 1160. The number of likely N-dealkylation sites (N-methyl/N-ethyl adjacent to an activating group) is 2. The van der Waals surface area contributed by atoms with E-state index in [9.17, 15) is 29.4 Å². The highest BCUT2D eigenvalue weighted by molar-refractivity contribution is 6.21. The smallest absolute Gasteiger partial charge is 0.410 e. The van der Waals surface area contributed by atoms with Gasteiger partial charge >= 0.3 is 12.2 Å². The molecule has 5 N–H and O–H groups in total. The molecule has 12 heteroatoms. The number of hydrogen-bond donors (Lipinski definition) is 4. The second-order valence-electron chi connectivity index (χ2n) is 14.1. The number of nitrogens with zero attached hydrogens (tertiary/aromatic N) is 3. The molecule has 0 spiro atoms. The number of amides is 4. The van der Waals surface area contributed by atoms with Crippen LogP contribution in [0, 0.1) is 11.8 Å². The van der Waals surface area contributed by atoms with Crippen LogP contribution in [0.5, 0.6) is 0 Å². The van der Waals surface area contributed by atoms with Crippen molar-refractivity contribution in [1.82, 2.24) is 14.7 Å². The van der Waals surface area contributed by atoms with Gasteiger partial charge in [-0.05, 0) is 70.4 Å². The third-order valence-corrected chi connectivity index (χ3v) is 9.23. The quantitative estimate of drug-likeness (QED) is 0.285. The number of carboxylic acid groups (broad SMARTS) is 1. The highest BCUT2D eigenvalue weighted by Crippen LogP contribution is 2.33. The van der Waals surface area contributed by atoms with Crippen LogP contribution in [0.4, 0.5) is 9.59 Å². The van der Waals surface area contributed by atoms with Gasteiger partial charge in [-0.15, -0.1) is 0 Å². The van der Waals surface area contributed by atoms with Gasteiger partial charge in [0.1, 0.15) is 5.60 Å². The Morgan fingerprint density at radius 3 is 1.74 bits per heavy atom. The molecule has 0 bridgehead atoms. The highest BCUT2D eigenvalue weighted by Gasteiger charge is 2.45. The number of aliphatic hydroxyl groups is 2. The molecule has 2 saturated carbocycles. The van der Waals surface area contributed by atoms with Gasteiger partial charge in [0.05, 0.1) is 29.4 Å². The maximum absolute atomic E-state index is 13.1. The SMILES string of the molecule is CN(C[C@@H](N)[C@@H](O)C1CCCCC1)C(=O)O.CN(C[C@H]([C@@H](O)C1CCCCC1)N1C(=O)c2ccccc2C1=O)C(=O)OC(C)(C)C. The van der Waals surface area contributed by atoms with Gasteiger partial charge in [0.15, 0.2) is 0 Å². The summed E-state index contributed by atoms with van der Waals surface area (Å²) in [4.78, 5) is 52.9. The van der Waals surface area contributed by atoms with E-state index in [1.165, 1.54) is 18.4 Å². The average Bonchev–Trinajstić information content (AvgIpc) is 3.28. The monoisotopic (exact) mass is 646 g/mol. The van der Waals surface area contributed by atoms with E-state index in [1.54, 1.807) is 52.1 Å².